The van der Waals surface area contributed by atoms with Crippen LogP contribution in [0.1, 0.15) is 0 Å². The number of H-pyrrole nitrogens is 1. The Hall–Kier alpha value is -2.38. The summed E-state index contributed by atoms with van der Waals surface area (Å²) in [7, 11) is 0. The van der Waals surface area contributed by atoms with Crippen molar-refractivity contribution in [1.29, 1.82) is 0 Å². The number of hydrogen-bond donors (Lipinski definition) is 1. The Morgan fingerprint density at radius 1 is 1.17 bits per heavy atom. The van der Waals surface area contributed by atoms with Gasteiger partial charge < -0.3 is 9.64 Å². The molecule has 23 heavy (non-hydrogen) atoms. The number of morpholine rings is 1. The Morgan fingerprint density at radius 2 is 1.91 bits per heavy atom. The fourth-order valence-corrected chi connectivity index (χ4v) is 2.73. The van der Waals surface area contributed by atoms with Crippen LogP contribution >= 0.6 is 11.6 Å². The molecule has 4 rings (SSSR count). The second-order valence-electron chi connectivity index (χ2n) is 5.26. The van der Waals surface area contributed by atoms with Gasteiger partial charge in [-0.25, -0.2) is 4.68 Å². The van der Waals surface area contributed by atoms with Gasteiger partial charge in [0.05, 0.1) is 25.1 Å². The molecule has 0 amide bonds. The predicted molar refractivity (Wildman–Crippen MR) is 87.5 cm³/mol. The second-order valence-corrected chi connectivity index (χ2v) is 5.70. The summed E-state index contributed by atoms with van der Waals surface area (Å²) in [6, 6.07) is 7.24. The van der Waals surface area contributed by atoms with Gasteiger partial charge in [0.15, 0.2) is 5.65 Å². The normalized spacial score (nSPS) is 15.3. The molecule has 0 bridgehead atoms. The molecule has 3 heterocycles. The molecule has 1 aliphatic heterocycles. The molecular weight excluding hydrogens is 318 g/mol. The Morgan fingerprint density at radius 3 is 2.65 bits per heavy atom. The topological polar surface area (TPSA) is 76.0 Å². The van der Waals surface area contributed by atoms with E-state index in [4.69, 9.17) is 16.3 Å². The van der Waals surface area contributed by atoms with E-state index in [2.05, 4.69) is 15.1 Å². The van der Waals surface area contributed by atoms with Crippen molar-refractivity contribution >= 4 is 28.6 Å². The number of hydrogen-bond acceptors (Lipinski definition) is 5. The van der Waals surface area contributed by atoms with Crippen molar-refractivity contribution in [1.82, 2.24) is 19.7 Å². The standard InChI is InChI=1S/C15H14ClN5O2/c16-10-1-3-11(4-2-10)21-13-12(9-17-21)14(22)19-15(18-13)20-5-7-23-8-6-20/h1-4,9H,5-8H2,(H,18,19,22). The summed E-state index contributed by atoms with van der Waals surface area (Å²) in [4.78, 5) is 21.7. The lowest BCUT2D eigenvalue weighted by molar-refractivity contribution is 0.122. The number of benzene rings is 1. The van der Waals surface area contributed by atoms with Crippen molar-refractivity contribution in [3.63, 3.8) is 0 Å². The van der Waals surface area contributed by atoms with Crippen molar-refractivity contribution in [2.24, 2.45) is 0 Å². The number of fused-ring (bicyclic) bond motifs is 1. The summed E-state index contributed by atoms with van der Waals surface area (Å²) in [6.45, 7) is 2.64. The fraction of sp³-hybridized carbons (Fsp3) is 0.267. The first kappa shape index (κ1) is 14.2. The molecule has 3 aromatic rings. The summed E-state index contributed by atoms with van der Waals surface area (Å²) >= 11 is 5.92. The van der Waals surface area contributed by atoms with Crippen molar-refractivity contribution in [2.75, 3.05) is 31.2 Å². The number of ether oxygens (including phenoxy) is 1. The molecule has 1 aliphatic rings. The number of halogens is 1. The van der Waals surface area contributed by atoms with Crippen molar-refractivity contribution in [3.05, 3.63) is 45.8 Å². The van der Waals surface area contributed by atoms with E-state index in [1.807, 2.05) is 17.0 Å². The molecule has 118 valence electrons. The van der Waals surface area contributed by atoms with Gasteiger partial charge in [0.2, 0.25) is 5.95 Å². The second kappa shape index (κ2) is 5.68. The van der Waals surface area contributed by atoms with E-state index >= 15 is 0 Å². The van der Waals surface area contributed by atoms with Crippen LogP contribution in [-0.4, -0.2) is 46.1 Å². The zero-order valence-corrected chi connectivity index (χ0v) is 13.0. The van der Waals surface area contributed by atoms with Gasteiger partial charge in [0.25, 0.3) is 5.56 Å². The molecule has 0 unspecified atom stereocenters. The largest absolute Gasteiger partial charge is 0.378 e. The summed E-state index contributed by atoms with van der Waals surface area (Å²) in [6.07, 6.45) is 1.53. The van der Waals surface area contributed by atoms with Gasteiger partial charge in [-0.3, -0.25) is 9.78 Å². The van der Waals surface area contributed by atoms with Crippen LogP contribution < -0.4 is 10.5 Å². The molecule has 0 saturated carbocycles. The SMILES string of the molecule is O=c1[nH]c(N2CCOCC2)nc2c1cnn2-c1ccc(Cl)cc1. The van der Waals surface area contributed by atoms with E-state index < -0.39 is 0 Å². The molecular formula is C15H14ClN5O2. The average molecular weight is 332 g/mol. The maximum Gasteiger partial charge on any atom is 0.263 e. The lowest BCUT2D eigenvalue weighted by atomic mass is 10.3. The smallest absolute Gasteiger partial charge is 0.263 e. The lowest BCUT2D eigenvalue weighted by Gasteiger charge is -2.27. The van der Waals surface area contributed by atoms with E-state index in [0.717, 1.165) is 5.69 Å². The van der Waals surface area contributed by atoms with Crippen LogP contribution in [0.25, 0.3) is 16.7 Å². The van der Waals surface area contributed by atoms with E-state index in [0.29, 0.717) is 48.3 Å². The molecule has 0 radical (unpaired) electrons. The predicted octanol–water partition coefficient (Wildman–Crippen LogP) is 1.60. The monoisotopic (exact) mass is 331 g/mol. The van der Waals surface area contributed by atoms with Crippen LogP contribution in [0, 0.1) is 0 Å². The molecule has 1 aromatic carbocycles. The third kappa shape index (κ3) is 2.58. The number of nitrogens with one attached hydrogen (secondary N) is 1. The molecule has 2 aromatic heterocycles. The van der Waals surface area contributed by atoms with E-state index in [9.17, 15) is 4.79 Å². The maximum absolute atomic E-state index is 12.3. The number of aromatic amines is 1. The Labute approximate surface area is 136 Å². The Kier molecular flexibility index (Phi) is 3.51. The van der Waals surface area contributed by atoms with Gasteiger partial charge in [0, 0.05) is 18.1 Å². The van der Waals surface area contributed by atoms with E-state index in [1.165, 1.54) is 6.20 Å². The van der Waals surface area contributed by atoms with Gasteiger partial charge in [-0.2, -0.15) is 10.1 Å². The highest BCUT2D eigenvalue weighted by atomic mass is 35.5. The molecule has 0 spiro atoms. The van der Waals surface area contributed by atoms with Gasteiger partial charge >= 0.3 is 0 Å². The van der Waals surface area contributed by atoms with Crippen LogP contribution in [-0.2, 0) is 4.74 Å². The van der Waals surface area contributed by atoms with Crippen LogP contribution in [0.2, 0.25) is 5.02 Å². The minimum absolute atomic E-state index is 0.197. The van der Waals surface area contributed by atoms with Crippen LogP contribution in [0.5, 0.6) is 0 Å². The molecule has 7 nitrogen and oxygen atoms in total. The molecule has 1 fully saturated rings. The highest BCUT2D eigenvalue weighted by Crippen LogP contribution is 2.18. The van der Waals surface area contributed by atoms with Crippen LogP contribution in [0.3, 0.4) is 0 Å². The number of aromatic nitrogens is 4. The van der Waals surface area contributed by atoms with Crippen molar-refractivity contribution in [3.8, 4) is 5.69 Å². The Bertz CT molecular complexity index is 896. The third-order valence-corrected chi connectivity index (χ3v) is 4.06. The Balaban J connectivity index is 1.84. The van der Waals surface area contributed by atoms with Crippen molar-refractivity contribution < 1.29 is 4.74 Å². The van der Waals surface area contributed by atoms with Crippen LogP contribution in [0.4, 0.5) is 5.95 Å². The maximum atomic E-state index is 12.3. The first-order valence-corrected chi connectivity index (χ1v) is 7.67. The average Bonchev–Trinajstić information content (AvgIpc) is 3.01. The molecule has 8 heteroatoms. The first-order chi connectivity index (χ1) is 11.2. The van der Waals surface area contributed by atoms with E-state index in [1.54, 1.807) is 16.8 Å². The third-order valence-electron chi connectivity index (χ3n) is 3.81. The van der Waals surface area contributed by atoms with Gasteiger partial charge in [-0.1, -0.05) is 11.6 Å². The lowest BCUT2D eigenvalue weighted by Crippen LogP contribution is -2.38. The zero-order chi connectivity index (χ0) is 15.8. The summed E-state index contributed by atoms with van der Waals surface area (Å²) in [5, 5.41) is 5.39. The molecule has 0 aliphatic carbocycles. The number of nitrogens with zero attached hydrogens (tertiary/aromatic N) is 4. The highest BCUT2D eigenvalue weighted by Gasteiger charge is 2.17. The van der Waals surface area contributed by atoms with Gasteiger partial charge in [-0.05, 0) is 24.3 Å². The minimum atomic E-state index is -0.197. The fourth-order valence-electron chi connectivity index (χ4n) is 2.60. The van der Waals surface area contributed by atoms with Gasteiger partial charge in [0.1, 0.15) is 5.39 Å². The quantitative estimate of drug-likeness (QED) is 0.772. The van der Waals surface area contributed by atoms with E-state index in [-0.39, 0.29) is 5.56 Å². The summed E-state index contributed by atoms with van der Waals surface area (Å²) in [5.74, 6) is 0.543. The first-order valence-electron chi connectivity index (χ1n) is 7.29. The summed E-state index contributed by atoms with van der Waals surface area (Å²) in [5.41, 5.74) is 1.13. The molecule has 0 atom stereocenters. The zero-order valence-electron chi connectivity index (χ0n) is 12.2. The minimum Gasteiger partial charge on any atom is -0.378 e. The van der Waals surface area contributed by atoms with Gasteiger partial charge in [-0.15, -0.1) is 0 Å². The van der Waals surface area contributed by atoms with Crippen LogP contribution in [0.15, 0.2) is 35.3 Å². The summed E-state index contributed by atoms with van der Waals surface area (Å²) < 4.78 is 6.98. The molecule has 1 saturated heterocycles. The highest BCUT2D eigenvalue weighted by molar-refractivity contribution is 6.30. The number of rotatable bonds is 2. The van der Waals surface area contributed by atoms with Crippen molar-refractivity contribution in [2.45, 2.75) is 0 Å². The number of anilines is 1. The molecule has 1 N–H and O–H groups in total.